The molecule has 3 rings (SSSR count). The third kappa shape index (κ3) is 4.53. The van der Waals surface area contributed by atoms with Gasteiger partial charge >= 0.3 is 5.97 Å². The van der Waals surface area contributed by atoms with Crippen LogP contribution in [0.4, 0.5) is 0 Å². The molecule has 0 saturated heterocycles. The van der Waals surface area contributed by atoms with Crippen molar-refractivity contribution in [3.8, 4) is 0 Å². The van der Waals surface area contributed by atoms with Crippen LogP contribution in [0.2, 0.25) is 5.02 Å². The number of ether oxygens (including phenoxy) is 1. The first-order chi connectivity index (χ1) is 13.0. The Labute approximate surface area is 163 Å². The van der Waals surface area contributed by atoms with Crippen molar-refractivity contribution in [2.45, 2.75) is 20.4 Å². The number of hydrogen-bond acceptors (Lipinski definition) is 6. The molecule has 3 aromatic rings. The highest BCUT2D eigenvalue weighted by Gasteiger charge is 2.19. The van der Waals surface area contributed by atoms with Crippen molar-refractivity contribution in [2.75, 3.05) is 6.61 Å². The molecule has 2 heterocycles. The van der Waals surface area contributed by atoms with Gasteiger partial charge in [0.05, 0.1) is 12.2 Å². The highest BCUT2D eigenvalue weighted by molar-refractivity contribution is 7.07. The molecule has 9 heteroatoms. The summed E-state index contributed by atoms with van der Waals surface area (Å²) in [5.41, 5.74) is 1.56. The van der Waals surface area contributed by atoms with Gasteiger partial charge in [0.15, 0.2) is 11.4 Å². The van der Waals surface area contributed by atoms with Crippen LogP contribution in [0.3, 0.4) is 0 Å². The minimum Gasteiger partial charge on any atom is -0.452 e. The van der Waals surface area contributed by atoms with Crippen molar-refractivity contribution < 1.29 is 18.8 Å². The van der Waals surface area contributed by atoms with Gasteiger partial charge in [0, 0.05) is 16.6 Å². The molecule has 0 aliphatic heterocycles. The third-order valence-corrected chi connectivity index (χ3v) is 4.91. The lowest BCUT2D eigenvalue weighted by Crippen LogP contribution is -2.20. The van der Waals surface area contributed by atoms with Crippen molar-refractivity contribution in [3.63, 3.8) is 0 Å². The lowest BCUT2D eigenvalue weighted by atomic mass is 10.2. The molecular weight excluding hydrogens is 390 g/mol. The number of hydrogen-bond donors (Lipinski definition) is 0. The largest absolute Gasteiger partial charge is 0.452 e. The van der Waals surface area contributed by atoms with E-state index in [4.69, 9.17) is 20.9 Å². The van der Waals surface area contributed by atoms with Crippen LogP contribution in [0.15, 0.2) is 45.4 Å². The predicted molar refractivity (Wildman–Crippen MR) is 99.7 cm³/mol. The minimum absolute atomic E-state index is 0.229. The zero-order valence-electron chi connectivity index (χ0n) is 14.6. The molecule has 0 N–H and O–H groups in total. The smallest absolute Gasteiger partial charge is 0.344 e. The normalized spacial score (nSPS) is 11.6. The quantitative estimate of drug-likeness (QED) is 0.608. The molecule has 7 nitrogen and oxygen atoms in total. The number of benzene rings is 1. The number of halogens is 1. The molecule has 0 aliphatic rings. The Bertz CT molecular complexity index is 1030. The van der Waals surface area contributed by atoms with Gasteiger partial charge in [-0.1, -0.05) is 35.0 Å². The van der Waals surface area contributed by atoms with E-state index < -0.39 is 18.5 Å². The zero-order valence-corrected chi connectivity index (χ0v) is 16.2. The summed E-state index contributed by atoms with van der Waals surface area (Å²) in [6.07, 6.45) is 1.82. The van der Waals surface area contributed by atoms with Gasteiger partial charge in [-0.15, -0.1) is 11.3 Å². The summed E-state index contributed by atoms with van der Waals surface area (Å²) in [4.78, 5) is 28.7. The van der Waals surface area contributed by atoms with E-state index in [2.05, 4.69) is 10.1 Å². The second-order valence-corrected chi connectivity index (χ2v) is 6.97. The number of aryl methyl sites for hydroxylation is 2. The molecule has 0 radical (unpaired) electrons. The van der Waals surface area contributed by atoms with Gasteiger partial charge in [0.2, 0.25) is 0 Å². The van der Waals surface area contributed by atoms with E-state index >= 15 is 0 Å². The summed E-state index contributed by atoms with van der Waals surface area (Å²) < 4.78 is 11.8. The van der Waals surface area contributed by atoms with Gasteiger partial charge in [0.25, 0.3) is 5.91 Å². The summed E-state index contributed by atoms with van der Waals surface area (Å²) in [5, 5.41) is 6.15. The van der Waals surface area contributed by atoms with Gasteiger partial charge < -0.3 is 13.8 Å². The van der Waals surface area contributed by atoms with E-state index in [1.54, 1.807) is 24.5 Å². The molecule has 27 heavy (non-hydrogen) atoms. The van der Waals surface area contributed by atoms with Gasteiger partial charge in [-0.2, -0.15) is 4.99 Å². The number of aromatic nitrogens is 2. The van der Waals surface area contributed by atoms with E-state index in [1.165, 1.54) is 11.3 Å². The van der Waals surface area contributed by atoms with Crippen LogP contribution in [0.5, 0.6) is 0 Å². The lowest BCUT2D eigenvalue weighted by Gasteiger charge is -2.05. The molecule has 0 atom stereocenters. The fourth-order valence-electron chi connectivity index (χ4n) is 2.43. The first-order valence-electron chi connectivity index (χ1n) is 8.00. The molecule has 0 unspecified atom stereocenters. The number of thiazole rings is 1. The molecule has 1 amide bonds. The van der Waals surface area contributed by atoms with Crippen LogP contribution in [0, 0.1) is 13.8 Å². The third-order valence-electron chi connectivity index (χ3n) is 3.74. The first kappa shape index (κ1) is 19.1. The number of nitrogens with zero attached hydrogens (tertiary/aromatic N) is 3. The Morgan fingerprint density at radius 1 is 1.33 bits per heavy atom. The van der Waals surface area contributed by atoms with Crippen LogP contribution < -0.4 is 4.80 Å². The minimum atomic E-state index is -0.662. The van der Waals surface area contributed by atoms with Gasteiger partial charge in [-0.25, -0.2) is 4.79 Å². The molecular formula is C18H16ClN3O4S. The molecule has 0 bridgehead atoms. The van der Waals surface area contributed by atoms with Crippen LogP contribution in [0.1, 0.15) is 27.4 Å². The monoisotopic (exact) mass is 405 g/mol. The first-order valence-corrected chi connectivity index (χ1v) is 9.26. The average molecular weight is 406 g/mol. The van der Waals surface area contributed by atoms with Gasteiger partial charge in [-0.05, 0) is 25.5 Å². The van der Waals surface area contributed by atoms with Crippen molar-refractivity contribution in [1.29, 1.82) is 0 Å². The topological polar surface area (TPSA) is 86.7 Å². The zero-order chi connectivity index (χ0) is 19.4. The Morgan fingerprint density at radius 3 is 2.81 bits per heavy atom. The summed E-state index contributed by atoms with van der Waals surface area (Å²) in [7, 11) is 0. The van der Waals surface area contributed by atoms with Crippen LogP contribution >= 0.6 is 22.9 Å². The SMILES string of the molecule is Cc1noc(C)c1C(=O)OCC(=O)N=c1sccn1Cc1ccccc1Cl. The maximum Gasteiger partial charge on any atom is 0.344 e. The standard InChI is InChI=1S/C18H16ClN3O4S/c1-11-16(12(2)26-21-11)17(24)25-10-15(23)20-18-22(7-8-27-18)9-13-5-3-4-6-14(13)19/h3-8H,9-10H2,1-2H3. The Balaban J connectivity index is 1.69. The van der Waals surface area contributed by atoms with Crippen molar-refractivity contribution >= 4 is 34.8 Å². The summed E-state index contributed by atoms with van der Waals surface area (Å²) in [5.74, 6) is -0.881. The fourth-order valence-corrected chi connectivity index (χ4v) is 3.37. The molecule has 2 aromatic heterocycles. The van der Waals surface area contributed by atoms with E-state index in [0.717, 1.165) is 5.56 Å². The number of carbonyl (C=O) groups is 2. The Kier molecular flexibility index (Phi) is 5.88. The summed E-state index contributed by atoms with van der Waals surface area (Å²) >= 11 is 7.49. The number of esters is 1. The molecule has 0 fully saturated rings. The second-order valence-electron chi connectivity index (χ2n) is 5.69. The fraction of sp³-hybridized carbons (Fsp3) is 0.222. The van der Waals surface area contributed by atoms with E-state index in [0.29, 0.717) is 27.8 Å². The van der Waals surface area contributed by atoms with E-state index in [9.17, 15) is 9.59 Å². The predicted octanol–water partition coefficient (Wildman–Crippen LogP) is 3.14. The van der Waals surface area contributed by atoms with Crippen molar-refractivity contribution in [2.24, 2.45) is 4.99 Å². The summed E-state index contributed by atoms with van der Waals surface area (Å²) in [6, 6.07) is 7.46. The second kappa shape index (κ2) is 8.32. The van der Waals surface area contributed by atoms with Crippen molar-refractivity contribution in [3.05, 3.63) is 68.2 Å². The molecule has 1 aromatic carbocycles. The number of rotatable bonds is 5. The molecule has 0 aliphatic carbocycles. The van der Waals surface area contributed by atoms with Crippen LogP contribution in [-0.4, -0.2) is 28.2 Å². The maximum absolute atomic E-state index is 12.1. The van der Waals surface area contributed by atoms with Crippen LogP contribution in [-0.2, 0) is 16.1 Å². The average Bonchev–Trinajstić information content (AvgIpc) is 3.21. The number of carbonyl (C=O) groups excluding carboxylic acids is 2. The Hall–Kier alpha value is -2.71. The van der Waals surface area contributed by atoms with Crippen molar-refractivity contribution in [1.82, 2.24) is 9.72 Å². The van der Waals surface area contributed by atoms with Gasteiger partial charge in [-0.3, -0.25) is 4.79 Å². The molecule has 140 valence electrons. The highest BCUT2D eigenvalue weighted by Crippen LogP contribution is 2.16. The molecule has 0 spiro atoms. The lowest BCUT2D eigenvalue weighted by molar-refractivity contribution is -0.121. The van der Waals surface area contributed by atoms with Gasteiger partial charge in [0.1, 0.15) is 11.3 Å². The van der Waals surface area contributed by atoms with E-state index in [1.807, 2.05) is 29.8 Å². The maximum atomic E-state index is 12.1. The summed E-state index contributed by atoms with van der Waals surface area (Å²) in [6.45, 7) is 3.25. The highest BCUT2D eigenvalue weighted by atomic mass is 35.5. The van der Waals surface area contributed by atoms with E-state index in [-0.39, 0.29) is 5.56 Å². The number of amides is 1. The molecule has 0 saturated carbocycles. The van der Waals surface area contributed by atoms with Crippen LogP contribution in [0.25, 0.3) is 0 Å². The Morgan fingerprint density at radius 2 is 2.11 bits per heavy atom.